The van der Waals surface area contributed by atoms with E-state index in [0.29, 0.717) is 21.5 Å². The number of carboxylic acids is 1. The normalized spacial score (nSPS) is 10.5. The lowest BCUT2D eigenvalue weighted by Gasteiger charge is -2.17. The Labute approximate surface area is 120 Å². The Hall–Kier alpha value is -2.14. The van der Waals surface area contributed by atoms with Crippen LogP contribution in [0.25, 0.3) is 10.8 Å². The molecule has 1 N–H and O–H groups in total. The van der Waals surface area contributed by atoms with Crippen molar-refractivity contribution in [3.05, 3.63) is 41.2 Å². The molecule has 20 heavy (non-hydrogen) atoms. The summed E-state index contributed by atoms with van der Waals surface area (Å²) in [6.45, 7) is 0.144. The predicted octanol–water partition coefficient (Wildman–Crippen LogP) is 2.43. The zero-order valence-corrected chi connectivity index (χ0v) is 11.6. The van der Waals surface area contributed by atoms with Gasteiger partial charge in [-0.3, -0.25) is 9.59 Å². The summed E-state index contributed by atoms with van der Waals surface area (Å²) in [6.07, 6.45) is 1.32. The third-order valence-corrected chi connectivity index (χ3v) is 3.29. The fourth-order valence-electron chi connectivity index (χ4n) is 1.90. The molecule has 0 saturated heterocycles. The first-order valence-electron chi connectivity index (χ1n) is 6.01. The summed E-state index contributed by atoms with van der Waals surface area (Å²) in [7, 11) is 1.56. The molecule has 0 aliphatic heterocycles. The Morgan fingerprint density at radius 3 is 2.60 bits per heavy atom. The number of benzene rings is 1. The molecule has 0 aliphatic carbocycles. The Bertz CT molecular complexity index is 673. The fourth-order valence-corrected chi connectivity index (χ4v) is 2.11. The van der Waals surface area contributed by atoms with Crippen LogP contribution in [0.4, 0.5) is 0 Å². The van der Waals surface area contributed by atoms with Crippen molar-refractivity contribution in [1.82, 2.24) is 9.88 Å². The van der Waals surface area contributed by atoms with Crippen LogP contribution in [0.2, 0.25) is 5.15 Å². The number of halogens is 1. The van der Waals surface area contributed by atoms with Crippen LogP contribution in [0.3, 0.4) is 0 Å². The molecular formula is C14H13ClN2O3. The molecule has 0 unspecified atom stereocenters. The van der Waals surface area contributed by atoms with E-state index in [9.17, 15) is 9.59 Å². The lowest BCUT2D eigenvalue weighted by Crippen LogP contribution is -2.29. The zero-order valence-electron chi connectivity index (χ0n) is 10.8. The largest absolute Gasteiger partial charge is 0.481 e. The second kappa shape index (κ2) is 5.88. The average Bonchev–Trinajstić information content (AvgIpc) is 2.44. The molecular weight excluding hydrogens is 280 g/mol. The number of hydrogen-bond donors (Lipinski definition) is 1. The van der Waals surface area contributed by atoms with Crippen LogP contribution in [-0.4, -0.2) is 40.5 Å². The van der Waals surface area contributed by atoms with Gasteiger partial charge in [-0.05, 0) is 5.39 Å². The van der Waals surface area contributed by atoms with Gasteiger partial charge in [0.15, 0.2) is 0 Å². The van der Waals surface area contributed by atoms with Crippen molar-refractivity contribution in [2.75, 3.05) is 13.6 Å². The zero-order chi connectivity index (χ0) is 14.7. The summed E-state index contributed by atoms with van der Waals surface area (Å²) < 4.78 is 0. The van der Waals surface area contributed by atoms with Crippen molar-refractivity contribution in [3.63, 3.8) is 0 Å². The minimum Gasteiger partial charge on any atom is -0.481 e. The van der Waals surface area contributed by atoms with Crippen molar-refractivity contribution < 1.29 is 14.7 Å². The van der Waals surface area contributed by atoms with Crippen LogP contribution in [0.1, 0.15) is 16.8 Å². The molecule has 0 saturated carbocycles. The van der Waals surface area contributed by atoms with Crippen molar-refractivity contribution in [1.29, 1.82) is 0 Å². The van der Waals surface area contributed by atoms with Gasteiger partial charge in [0.2, 0.25) is 0 Å². The molecule has 5 nitrogen and oxygen atoms in total. The smallest absolute Gasteiger partial charge is 0.305 e. The number of aromatic nitrogens is 1. The van der Waals surface area contributed by atoms with E-state index in [1.54, 1.807) is 19.2 Å². The molecule has 0 spiro atoms. The number of carbonyl (C=O) groups excluding carboxylic acids is 1. The first-order chi connectivity index (χ1) is 9.50. The molecule has 1 heterocycles. The van der Waals surface area contributed by atoms with Crippen LogP contribution >= 0.6 is 11.6 Å². The Kier molecular flexibility index (Phi) is 4.20. The van der Waals surface area contributed by atoms with Crippen LogP contribution < -0.4 is 0 Å². The first-order valence-corrected chi connectivity index (χ1v) is 6.39. The summed E-state index contributed by atoms with van der Waals surface area (Å²) in [4.78, 5) is 28.3. The van der Waals surface area contributed by atoms with Crippen LogP contribution in [0, 0.1) is 0 Å². The van der Waals surface area contributed by atoms with Crippen molar-refractivity contribution in [3.8, 4) is 0 Å². The van der Waals surface area contributed by atoms with E-state index in [2.05, 4.69) is 4.98 Å². The quantitative estimate of drug-likeness (QED) is 0.879. The monoisotopic (exact) mass is 292 g/mol. The predicted molar refractivity (Wildman–Crippen MR) is 76.0 cm³/mol. The molecule has 0 bridgehead atoms. The molecule has 1 aromatic carbocycles. The lowest BCUT2D eigenvalue weighted by atomic mass is 10.1. The van der Waals surface area contributed by atoms with E-state index in [1.165, 1.54) is 11.1 Å². The molecule has 6 heteroatoms. The minimum atomic E-state index is -0.941. The molecule has 0 radical (unpaired) electrons. The van der Waals surface area contributed by atoms with E-state index in [0.717, 1.165) is 0 Å². The number of nitrogens with zero attached hydrogens (tertiary/aromatic N) is 2. The van der Waals surface area contributed by atoms with Gasteiger partial charge in [0, 0.05) is 25.2 Å². The highest BCUT2D eigenvalue weighted by molar-refractivity contribution is 6.34. The van der Waals surface area contributed by atoms with E-state index in [-0.39, 0.29) is 18.9 Å². The van der Waals surface area contributed by atoms with Crippen molar-refractivity contribution >= 4 is 34.2 Å². The average molecular weight is 293 g/mol. The van der Waals surface area contributed by atoms with E-state index >= 15 is 0 Å². The maximum absolute atomic E-state index is 12.3. The molecule has 2 aromatic rings. The van der Waals surface area contributed by atoms with Crippen LogP contribution in [-0.2, 0) is 4.79 Å². The lowest BCUT2D eigenvalue weighted by molar-refractivity contribution is -0.137. The number of fused-ring (bicyclic) bond motifs is 1. The number of hydrogen-bond acceptors (Lipinski definition) is 3. The first kappa shape index (κ1) is 14.3. The number of carboxylic acid groups (broad SMARTS) is 1. The van der Waals surface area contributed by atoms with Gasteiger partial charge in [0.1, 0.15) is 5.15 Å². The molecule has 0 fully saturated rings. The van der Waals surface area contributed by atoms with Gasteiger partial charge in [0.25, 0.3) is 5.91 Å². The van der Waals surface area contributed by atoms with Crippen molar-refractivity contribution in [2.45, 2.75) is 6.42 Å². The van der Waals surface area contributed by atoms with E-state index in [1.807, 2.05) is 12.1 Å². The highest BCUT2D eigenvalue weighted by atomic mass is 35.5. The molecule has 1 aromatic heterocycles. The van der Waals surface area contributed by atoms with Crippen molar-refractivity contribution in [2.24, 2.45) is 0 Å². The summed E-state index contributed by atoms with van der Waals surface area (Å²) in [5.41, 5.74) is 0.415. The number of carbonyl (C=O) groups is 2. The second-order valence-electron chi connectivity index (χ2n) is 4.38. The van der Waals surface area contributed by atoms with Gasteiger partial charge >= 0.3 is 5.97 Å². The highest BCUT2D eigenvalue weighted by Crippen LogP contribution is 2.24. The van der Waals surface area contributed by atoms with E-state index < -0.39 is 5.97 Å². The van der Waals surface area contributed by atoms with Gasteiger partial charge in [0.05, 0.1) is 12.0 Å². The Morgan fingerprint density at radius 2 is 1.95 bits per heavy atom. The van der Waals surface area contributed by atoms with Crippen LogP contribution in [0.5, 0.6) is 0 Å². The third-order valence-electron chi connectivity index (χ3n) is 2.98. The molecule has 104 valence electrons. The fraction of sp³-hybridized carbons (Fsp3) is 0.214. The number of rotatable bonds is 4. The molecule has 2 rings (SSSR count). The maximum Gasteiger partial charge on any atom is 0.305 e. The van der Waals surface area contributed by atoms with Gasteiger partial charge < -0.3 is 10.0 Å². The number of amides is 1. The Morgan fingerprint density at radius 1 is 1.30 bits per heavy atom. The molecule has 0 aliphatic rings. The summed E-state index contributed by atoms with van der Waals surface area (Å²) in [6, 6.07) is 7.21. The van der Waals surface area contributed by atoms with Gasteiger partial charge in [-0.1, -0.05) is 35.9 Å². The third kappa shape index (κ3) is 2.88. The van der Waals surface area contributed by atoms with Gasteiger partial charge in [-0.25, -0.2) is 4.98 Å². The summed E-state index contributed by atoms with van der Waals surface area (Å²) in [5.74, 6) is -1.21. The topological polar surface area (TPSA) is 70.5 Å². The highest BCUT2D eigenvalue weighted by Gasteiger charge is 2.17. The van der Waals surface area contributed by atoms with Gasteiger partial charge in [-0.15, -0.1) is 0 Å². The molecule has 0 atom stereocenters. The van der Waals surface area contributed by atoms with E-state index in [4.69, 9.17) is 16.7 Å². The van der Waals surface area contributed by atoms with Gasteiger partial charge in [-0.2, -0.15) is 0 Å². The summed E-state index contributed by atoms with van der Waals surface area (Å²) >= 11 is 6.00. The summed E-state index contributed by atoms with van der Waals surface area (Å²) in [5, 5.41) is 10.4. The SMILES string of the molecule is CN(CCC(=O)O)C(=O)c1cnc(Cl)c2ccccc12. The number of aliphatic carboxylic acids is 1. The Balaban J connectivity index is 2.35. The van der Waals surface area contributed by atoms with Crippen LogP contribution in [0.15, 0.2) is 30.5 Å². The maximum atomic E-state index is 12.3. The minimum absolute atomic E-state index is 0.0960. The molecule has 1 amide bonds. The second-order valence-corrected chi connectivity index (χ2v) is 4.74. The standard InChI is InChI=1S/C14H13ClN2O3/c1-17(7-6-12(18)19)14(20)11-8-16-13(15)10-5-3-2-4-9(10)11/h2-5,8H,6-7H2,1H3,(H,18,19). The number of pyridine rings is 1.